The number of rotatable bonds is 17. The average molecular weight is 450 g/mol. The summed E-state index contributed by atoms with van der Waals surface area (Å²) in [5, 5.41) is 3.36. The third-order valence-electron chi connectivity index (χ3n) is 5.70. The molecule has 0 aromatic rings. The Bertz CT molecular complexity index is 651. The number of hydrogen-bond donors (Lipinski definition) is 1. The molecule has 0 aromatic carbocycles. The predicted molar refractivity (Wildman–Crippen MR) is 127 cm³/mol. The molecule has 1 aliphatic carbocycles. The second kappa shape index (κ2) is 15.8. The summed E-state index contributed by atoms with van der Waals surface area (Å²) < 4.78 is 10.1. The quantitative estimate of drug-likeness (QED) is 0.247. The van der Waals surface area contributed by atoms with E-state index in [4.69, 9.17) is 9.47 Å². The van der Waals surface area contributed by atoms with E-state index in [1.165, 1.54) is 0 Å². The highest BCUT2D eigenvalue weighted by molar-refractivity contribution is 5.97. The van der Waals surface area contributed by atoms with Crippen LogP contribution in [0.4, 0.5) is 0 Å². The smallest absolute Gasteiger partial charge is 0.323 e. The van der Waals surface area contributed by atoms with Crippen LogP contribution in [-0.2, 0) is 23.9 Å². The van der Waals surface area contributed by atoms with Gasteiger partial charge < -0.3 is 14.8 Å². The lowest BCUT2D eigenvalue weighted by Crippen LogP contribution is -2.38. The van der Waals surface area contributed by atoms with Crippen molar-refractivity contribution in [2.24, 2.45) is 5.41 Å². The zero-order valence-electron chi connectivity index (χ0n) is 20.5. The molecule has 0 saturated heterocycles. The van der Waals surface area contributed by atoms with Crippen molar-refractivity contribution in [1.82, 2.24) is 5.32 Å². The molecule has 6 nitrogen and oxygen atoms in total. The second-order valence-corrected chi connectivity index (χ2v) is 8.97. The van der Waals surface area contributed by atoms with Crippen LogP contribution in [-0.4, -0.2) is 43.5 Å². The Morgan fingerprint density at radius 1 is 0.969 bits per heavy atom. The van der Waals surface area contributed by atoms with E-state index in [1.54, 1.807) is 6.08 Å². The number of ether oxygens (including phenoxy) is 2. The van der Waals surface area contributed by atoms with Gasteiger partial charge in [-0.3, -0.25) is 14.4 Å². The summed E-state index contributed by atoms with van der Waals surface area (Å²) in [6, 6.07) is -0.274. The monoisotopic (exact) mass is 449 g/mol. The van der Waals surface area contributed by atoms with Gasteiger partial charge in [0, 0.05) is 11.8 Å². The van der Waals surface area contributed by atoms with E-state index in [2.05, 4.69) is 11.4 Å². The van der Waals surface area contributed by atoms with Gasteiger partial charge in [0.05, 0.1) is 13.2 Å². The first-order valence-electron chi connectivity index (χ1n) is 12.3. The molecule has 0 aromatic heterocycles. The van der Waals surface area contributed by atoms with Crippen molar-refractivity contribution in [2.75, 3.05) is 19.8 Å². The Kier molecular flexibility index (Phi) is 13.9. The van der Waals surface area contributed by atoms with Gasteiger partial charge >= 0.3 is 11.9 Å². The topological polar surface area (TPSA) is 81.7 Å². The van der Waals surface area contributed by atoms with Crippen molar-refractivity contribution in [3.8, 4) is 0 Å². The first kappa shape index (κ1) is 28.1. The lowest BCUT2D eigenvalue weighted by Gasteiger charge is -2.21. The zero-order valence-corrected chi connectivity index (χ0v) is 20.5. The number of esters is 2. The molecule has 0 heterocycles. The predicted octanol–water partition coefficient (Wildman–Crippen LogP) is 5.06. The fourth-order valence-corrected chi connectivity index (χ4v) is 3.61. The van der Waals surface area contributed by atoms with Gasteiger partial charge in [-0.25, -0.2) is 0 Å². The van der Waals surface area contributed by atoms with Gasteiger partial charge in [-0.1, -0.05) is 37.8 Å². The molecule has 1 unspecified atom stereocenters. The molecule has 0 fully saturated rings. The first-order valence-corrected chi connectivity index (χ1v) is 12.3. The molecule has 0 radical (unpaired) electrons. The Morgan fingerprint density at radius 3 is 2.34 bits per heavy atom. The van der Waals surface area contributed by atoms with Crippen LogP contribution < -0.4 is 5.32 Å². The Balaban J connectivity index is 2.22. The summed E-state index contributed by atoms with van der Waals surface area (Å²) >= 11 is 0. The van der Waals surface area contributed by atoms with Gasteiger partial charge in [0.1, 0.15) is 6.04 Å². The molecule has 1 aliphatic rings. The molecule has 182 valence electrons. The number of allylic oxidation sites excluding steroid dienone is 4. The van der Waals surface area contributed by atoms with E-state index in [9.17, 15) is 14.4 Å². The first-order chi connectivity index (χ1) is 15.3. The highest BCUT2D eigenvalue weighted by Crippen LogP contribution is 2.27. The van der Waals surface area contributed by atoms with Gasteiger partial charge in [-0.05, 0) is 78.0 Å². The minimum atomic E-state index is -0.379. The molecule has 0 amide bonds. The maximum atomic E-state index is 12.2. The van der Waals surface area contributed by atoms with Crippen LogP contribution in [0.15, 0.2) is 23.8 Å². The lowest BCUT2D eigenvalue weighted by atomic mass is 9.82. The van der Waals surface area contributed by atoms with Crippen molar-refractivity contribution in [3.05, 3.63) is 23.8 Å². The molecular weight excluding hydrogens is 406 g/mol. The highest BCUT2D eigenvalue weighted by atomic mass is 16.5. The van der Waals surface area contributed by atoms with Gasteiger partial charge in [0.2, 0.25) is 0 Å². The summed E-state index contributed by atoms with van der Waals surface area (Å²) in [6.45, 7) is 9.10. The standard InChI is InChI=1S/C26H43NO5/c1-5-31-24(29)16-12-8-7-11-15-22(25(30)32-6-2)27-19-13-9-10-14-21-17-18-26(3,4)23(28)20-21/h17-18,20,22,27H,5-16,19H2,1-4H3. The molecule has 32 heavy (non-hydrogen) atoms. The Hall–Kier alpha value is -1.95. The number of nitrogens with one attached hydrogen (secondary N) is 1. The Labute approximate surface area is 194 Å². The summed E-state index contributed by atoms with van der Waals surface area (Å²) in [5.74, 6) is -0.141. The fraction of sp³-hybridized carbons (Fsp3) is 0.731. The molecule has 0 aliphatic heterocycles. The van der Waals surface area contributed by atoms with Crippen LogP contribution in [0.3, 0.4) is 0 Å². The second-order valence-electron chi connectivity index (χ2n) is 8.97. The van der Waals surface area contributed by atoms with E-state index >= 15 is 0 Å². The highest BCUT2D eigenvalue weighted by Gasteiger charge is 2.25. The van der Waals surface area contributed by atoms with E-state index in [0.717, 1.165) is 69.9 Å². The molecule has 1 rings (SSSR count). The minimum Gasteiger partial charge on any atom is -0.466 e. The summed E-state index contributed by atoms with van der Waals surface area (Å²) in [5.41, 5.74) is 0.728. The van der Waals surface area contributed by atoms with Crippen molar-refractivity contribution in [2.45, 2.75) is 97.9 Å². The van der Waals surface area contributed by atoms with Crippen LogP contribution in [0.25, 0.3) is 0 Å². The van der Waals surface area contributed by atoms with Crippen molar-refractivity contribution in [1.29, 1.82) is 0 Å². The molecule has 1 atom stereocenters. The zero-order chi connectivity index (χ0) is 23.8. The summed E-state index contributed by atoms with van der Waals surface area (Å²) in [6.07, 6.45) is 14.7. The number of hydrogen-bond acceptors (Lipinski definition) is 6. The van der Waals surface area contributed by atoms with Crippen LogP contribution in [0.2, 0.25) is 0 Å². The largest absolute Gasteiger partial charge is 0.466 e. The normalized spacial score (nSPS) is 15.9. The molecule has 1 N–H and O–H groups in total. The SMILES string of the molecule is CCOC(=O)CCCCCCC(NCCCCCC1=CC(=O)C(C)(C)C=C1)C(=O)OCC. The van der Waals surface area contributed by atoms with Gasteiger partial charge in [-0.2, -0.15) is 0 Å². The van der Waals surface area contributed by atoms with Crippen molar-refractivity contribution in [3.63, 3.8) is 0 Å². The maximum absolute atomic E-state index is 12.2. The Morgan fingerprint density at radius 2 is 1.66 bits per heavy atom. The van der Waals surface area contributed by atoms with E-state index in [1.807, 2.05) is 33.8 Å². The third-order valence-corrected chi connectivity index (χ3v) is 5.70. The number of carbonyl (C=O) groups excluding carboxylic acids is 3. The summed E-state index contributed by atoms with van der Waals surface area (Å²) in [7, 11) is 0. The third kappa shape index (κ3) is 11.6. The molecular formula is C26H43NO5. The van der Waals surface area contributed by atoms with Crippen LogP contribution in [0.1, 0.15) is 91.9 Å². The van der Waals surface area contributed by atoms with E-state index < -0.39 is 0 Å². The van der Waals surface area contributed by atoms with E-state index in [0.29, 0.717) is 19.6 Å². The van der Waals surface area contributed by atoms with Crippen LogP contribution in [0, 0.1) is 5.41 Å². The average Bonchev–Trinajstić information content (AvgIpc) is 2.74. The van der Waals surface area contributed by atoms with Crippen molar-refractivity contribution >= 4 is 17.7 Å². The lowest BCUT2D eigenvalue weighted by molar-refractivity contribution is -0.146. The maximum Gasteiger partial charge on any atom is 0.323 e. The van der Waals surface area contributed by atoms with Crippen molar-refractivity contribution < 1.29 is 23.9 Å². The van der Waals surface area contributed by atoms with Gasteiger partial charge in [0.15, 0.2) is 5.78 Å². The number of unbranched alkanes of at least 4 members (excludes halogenated alkanes) is 5. The molecule has 0 spiro atoms. The number of carbonyl (C=O) groups is 3. The number of ketones is 1. The molecule has 0 bridgehead atoms. The summed E-state index contributed by atoms with van der Waals surface area (Å²) in [4.78, 5) is 35.6. The van der Waals surface area contributed by atoms with E-state index in [-0.39, 0.29) is 29.2 Å². The van der Waals surface area contributed by atoms with Gasteiger partial charge in [-0.15, -0.1) is 0 Å². The van der Waals surface area contributed by atoms with Gasteiger partial charge in [0.25, 0.3) is 0 Å². The fourth-order valence-electron chi connectivity index (χ4n) is 3.61. The molecule has 0 saturated carbocycles. The van der Waals surface area contributed by atoms with Crippen LogP contribution >= 0.6 is 0 Å². The van der Waals surface area contributed by atoms with Crippen LogP contribution in [0.5, 0.6) is 0 Å². The molecule has 6 heteroatoms. The minimum absolute atomic E-state index is 0.134.